The van der Waals surface area contributed by atoms with Crippen molar-refractivity contribution in [3.05, 3.63) is 53.1 Å². The summed E-state index contributed by atoms with van der Waals surface area (Å²) in [7, 11) is 0. The number of nitrogens with zero attached hydrogens (tertiary/aromatic N) is 1. The molecule has 0 radical (unpaired) electrons. The van der Waals surface area contributed by atoms with Gasteiger partial charge in [-0.3, -0.25) is 4.79 Å². The third kappa shape index (κ3) is 3.57. The molecule has 0 amide bonds. The lowest BCUT2D eigenvalue weighted by atomic mass is 10.1. The molecule has 6 nitrogen and oxygen atoms in total. The molecule has 1 fully saturated rings. The maximum absolute atomic E-state index is 12.5. The van der Waals surface area contributed by atoms with E-state index in [-0.39, 0.29) is 22.7 Å². The van der Waals surface area contributed by atoms with Crippen LogP contribution in [-0.2, 0) is 0 Å². The number of benzene rings is 1. The van der Waals surface area contributed by atoms with E-state index in [1.54, 1.807) is 6.20 Å². The van der Waals surface area contributed by atoms with Gasteiger partial charge in [0.05, 0.1) is 10.9 Å². The monoisotopic (exact) mass is 377 g/mol. The molecule has 26 heavy (non-hydrogen) atoms. The zero-order valence-electron chi connectivity index (χ0n) is 14.8. The van der Waals surface area contributed by atoms with Gasteiger partial charge in [0.25, 0.3) is 5.56 Å². The van der Waals surface area contributed by atoms with E-state index in [0.29, 0.717) is 12.0 Å². The Morgan fingerprint density at radius 2 is 1.81 bits per heavy atom. The Morgan fingerprint density at radius 1 is 1.12 bits per heavy atom. The summed E-state index contributed by atoms with van der Waals surface area (Å²) in [5.41, 5.74) is 3.09. The van der Waals surface area contributed by atoms with Gasteiger partial charge < -0.3 is 26.7 Å². The normalized spacial score (nSPS) is 18.7. The van der Waals surface area contributed by atoms with E-state index < -0.39 is 0 Å². The van der Waals surface area contributed by atoms with Crippen LogP contribution in [0.1, 0.15) is 32.2 Å². The number of H-pyrrole nitrogens is 1. The molecule has 1 aromatic carbocycles. The van der Waals surface area contributed by atoms with Gasteiger partial charge in [-0.05, 0) is 42.5 Å². The Morgan fingerprint density at radius 3 is 2.42 bits per heavy atom. The molecule has 142 valence electrons. The zero-order valence-corrected chi connectivity index (χ0v) is 15.7. The maximum Gasteiger partial charge on any atom is 0.258 e. The summed E-state index contributed by atoms with van der Waals surface area (Å²) in [5.74, 6) is 0.651. The summed E-state index contributed by atoms with van der Waals surface area (Å²) in [5, 5.41) is 0.790. The van der Waals surface area contributed by atoms with E-state index in [4.69, 9.17) is 0 Å². The van der Waals surface area contributed by atoms with Gasteiger partial charge in [-0.1, -0.05) is 25.5 Å². The van der Waals surface area contributed by atoms with Crippen molar-refractivity contribution in [2.45, 2.75) is 37.1 Å². The first-order valence-electron chi connectivity index (χ1n) is 8.17. The molecule has 1 aliphatic rings. The zero-order chi connectivity index (χ0) is 16.0. The summed E-state index contributed by atoms with van der Waals surface area (Å²) >= 11 is 4.35. The summed E-state index contributed by atoms with van der Waals surface area (Å²) in [4.78, 5) is 16.2. The first-order chi connectivity index (χ1) is 11.1. The van der Waals surface area contributed by atoms with Crippen LogP contribution < -0.4 is 11.7 Å². The number of pyridine rings is 1. The molecule has 8 N–H and O–H groups in total. The van der Waals surface area contributed by atoms with Crippen LogP contribution in [0.3, 0.4) is 0 Å². The highest BCUT2D eigenvalue weighted by Gasteiger charge is 2.27. The lowest BCUT2D eigenvalue weighted by Crippen LogP contribution is -2.11. The van der Waals surface area contributed by atoms with Crippen LogP contribution in [0.25, 0.3) is 22.0 Å². The van der Waals surface area contributed by atoms with Gasteiger partial charge in [-0.2, -0.15) is 0 Å². The molecule has 2 heterocycles. The molecule has 0 bridgehead atoms. The van der Waals surface area contributed by atoms with Crippen molar-refractivity contribution in [3.8, 4) is 11.1 Å². The van der Waals surface area contributed by atoms with Crippen molar-refractivity contribution in [2.24, 2.45) is 5.92 Å². The minimum atomic E-state index is -0.0168. The summed E-state index contributed by atoms with van der Waals surface area (Å²) in [6.45, 7) is 2.31. The number of nitrogens with one attached hydrogen (secondary N) is 1. The predicted molar refractivity (Wildman–Crippen MR) is 110 cm³/mol. The van der Waals surface area contributed by atoms with E-state index in [0.717, 1.165) is 26.9 Å². The van der Waals surface area contributed by atoms with Crippen LogP contribution in [0.5, 0.6) is 0 Å². The molecule has 2 atom stereocenters. The van der Waals surface area contributed by atoms with Crippen molar-refractivity contribution in [1.82, 2.24) is 15.7 Å². The first kappa shape index (κ1) is 22.0. The number of aromatic amines is 1. The van der Waals surface area contributed by atoms with Gasteiger partial charge in [0, 0.05) is 28.9 Å². The second-order valence-electron chi connectivity index (χ2n) is 6.54. The molecule has 7 heteroatoms. The number of rotatable bonds is 2. The maximum atomic E-state index is 12.5. The van der Waals surface area contributed by atoms with Gasteiger partial charge >= 0.3 is 0 Å². The number of hydrogen-bond donors (Lipinski definition) is 3. The largest absolute Gasteiger partial charge is 0.412 e. The number of fused-ring (bicyclic) bond motifs is 1. The predicted octanol–water partition coefficient (Wildman–Crippen LogP) is 3.16. The van der Waals surface area contributed by atoms with Gasteiger partial charge in [0.15, 0.2) is 0 Å². The molecule has 3 aromatic rings. The van der Waals surface area contributed by atoms with Crippen molar-refractivity contribution >= 4 is 23.5 Å². The van der Waals surface area contributed by atoms with Gasteiger partial charge in [0.2, 0.25) is 0 Å². The molecule has 0 saturated heterocycles. The fraction of sp³-hybridized carbons (Fsp3) is 0.316. The number of thiol groups is 1. The van der Waals surface area contributed by atoms with Crippen molar-refractivity contribution in [1.29, 1.82) is 0 Å². The van der Waals surface area contributed by atoms with Crippen molar-refractivity contribution < 1.29 is 11.0 Å². The molecule has 0 aliphatic heterocycles. The summed E-state index contributed by atoms with van der Waals surface area (Å²) in [6, 6.07) is 10.5. The standard InChI is InChI=1S/C19H20N2OS.H3N.2H2O/c1-12-3-2-4-16(12)21-11-15(13-5-7-14(23)8-6-13)18-17(21)9-10-20-19(18)22;;;/h5-12,16,23H,2-4H2,1H3,(H,20,22);1H3;2*1H2/t12-,16?;;;/m0.../s1. The molecule has 1 aliphatic carbocycles. The van der Waals surface area contributed by atoms with Crippen LogP contribution in [0, 0.1) is 5.92 Å². The highest BCUT2D eigenvalue weighted by atomic mass is 32.1. The van der Waals surface area contributed by atoms with E-state index in [2.05, 4.69) is 35.3 Å². The van der Waals surface area contributed by atoms with Crippen LogP contribution >= 0.6 is 12.6 Å². The minimum absolute atomic E-state index is 0. The fourth-order valence-electron chi connectivity index (χ4n) is 3.89. The van der Waals surface area contributed by atoms with Crippen LogP contribution in [0.15, 0.2) is 52.4 Å². The third-order valence-electron chi connectivity index (χ3n) is 5.11. The Kier molecular flexibility index (Phi) is 7.23. The quantitative estimate of drug-likeness (QED) is 0.591. The fourth-order valence-corrected chi connectivity index (χ4v) is 4.04. The van der Waals surface area contributed by atoms with Gasteiger partial charge in [0.1, 0.15) is 0 Å². The Bertz CT molecular complexity index is 918. The lowest BCUT2D eigenvalue weighted by molar-refractivity contribution is 0.418. The molecule has 0 spiro atoms. The SMILES string of the molecule is C[C@H]1CCCC1n1cc(-c2ccc(S)cc2)c2c(=O)[nH]ccc21.N.O.O. The highest BCUT2D eigenvalue weighted by Crippen LogP contribution is 2.39. The van der Waals surface area contributed by atoms with Crippen LogP contribution in [0.4, 0.5) is 0 Å². The molecular formula is C19H27N3O3S. The Balaban J connectivity index is 0.00000113. The van der Waals surface area contributed by atoms with E-state index >= 15 is 0 Å². The molecule has 1 saturated carbocycles. The van der Waals surface area contributed by atoms with Crippen LogP contribution in [-0.4, -0.2) is 20.5 Å². The number of aromatic nitrogens is 2. The second kappa shape index (κ2) is 8.55. The first-order valence-corrected chi connectivity index (χ1v) is 8.61. The minimum Gasteiger partial charge on any atom is -0.412 e. The average molecular weight is 378 g/mol. The molecular weight excluding hydrogens is 350 g/mol. The van der Waals surface area contributed by atoms with Gasteiger partial charge in [-0.15, -0.1) is 12.6 Å². The smallest absolute Gasteiger partial charge is 0.258 e. The molecule has 1 unspecified atom stereocenters. The van der Waals surface area contributed by atoms with Gasteiger partial charge in [-0.25, -0.2) is 0 Å². The summed E-state index contributed by atoms with van der Waals surface area (Å²) in [6.07, 6.45) is 7.63. The van der Waals surface area contributed by atoms with E-state index in [1.165, 1.54) is 19.3 Å². The summed E-state index contributed by atoms with van der Waals surface area (Å²) < 4.78 is 2.33. The van der Waals surface area contributed by atoms with Crippen molar-refractivity contribution in [3.63, 3.8) is 0 Å². The third-order valence-corrected chi connectivity index (χ3v) is 5.40. The Hall–Kier alpha value is -2.06. The number of hydrogen-bond acceptors (Lipinski definition) is 3. The van der Waals surface area contributed by atoms with E-state index in [9.17, 15) is 4.79 Å². The molecule has 4 rings (SSSR count). The highest BCUT2D eigenvalue weighted by molar-refractivity contribution is 7.80. The average Bonchev–Trinajstić information content (AvgIpc) is 3.12. The molecule has 2 aromatic heterocycles. The van der Waals surface area contributed by atoms with Crippen LogP contribution in [0.2, 0.25) is 0 Å². The topological polar surface area (TPSA) is 136 Å². The lowest BCUT2D eigenvalue weighted by Gasteiger charge is -2.18. The van der Waals surface area contributed by atoms with Crippen molar-refractivity contribution in [2.75, 3.05) is 0 Å². The van der Waals surface area contributed by atoms with E-state index in [1.807, 2.05) is 30.3 Å². The Labute approximate surface area is 157 Å². The second-order valence-corrected chi connectivity index (χ2v) is 7.06.